The Hall–Kier alpha value is -2.70. The lowest BCUT2D eigenvalue weighted by molar-refractivity contribution is 0.343. The average Bonchev–Trinajstić information content (AvgIpc) is 2.79. The smallest absolute Gasteiger partial charge is 0.241 e. The van der Waals surface area contributed by atoms with Gasteiger partial charge in [-0.15, -0.1) is 0 Å². The van der Waals surface area contributed by atoms with E-state index in [0.717, 1.165) is 36.0 Å². The van der Waals surface area contributed by atoms with Crippen molar-refractivity contribution < 1.29 is 8.42 Å². The molecule has 0 radical (unpaired) electrons. The number of amidine groups is 1. The highest BCUT2D eigenvalue weighted by atomic mass is 32.2. The number of nitrogens with one attached hydrogen (secondary N) is 1. The molecule has 34 heavy (non-hydrogen) atoms. The molecule has 0 spiro atoms. The monoisotopic (exact) mass is 477 g/mol. The van der Waals surface area contributed by atoms with Crippen molar-refractivity contribution in [3.8, 4) is 0 Å². The second kappa shape index (κ2) is 10.3. The van der Waals surface area contributed by atoms with Gasteiger partial charge in [0.1, 0.15) is 11.1 Å². The van der Waals surface area contributed by atoms with Crippen molar-refractivity contribution in [2.24, 2.45) is 16.1 Å². The highest BCUT2D eigenvalue weighted by Crippen LogP contribution is 2.45. The van der Waals surface area contributed by atoms with Crippen molar-refractivity contribution in [3.05, 3.63) is 95.1 Å². The third-order valence-electron chi connectivity index (χ3n) is 6.57. The lowest BCUT2D eigenvalue weighted by atomic mass is 9.81. The van der Waals surface area contributed by atoms with Crippen LogP contribution in [0.4, 0.5) is 0 Å². The Bertz CT molecular complexity index is 1200. The summed E-state index contributed by atoms with van der Waals surface area (Å²) < 4.78 is 29.9. The molecule has 0 aromatic heterocycles. The molecule has 2 aliphatic rings. The molecule has 1 fully saturated rings. The molecule has 2 aromatic rings. The summed E-state index contributed by atoms with van der Waals surface area (Å²) >= 11 is 0. The van der Waals surface area contributed by atoms with E-state index in [1.807, 2.05) is 50.2 Å². The number of nitrogens with two attached hydrogens (primary N) is 1. The third-order valence-corrected chi connectivity index (χ3v) is 8.62. The van der Waals surface area contributed by atoms with E-state index in [0.29, 0.717) is 25.2 Å². The third kappa shape index (κ3) is 5.68. The summed E-state index contributed by atoms with van der Waals surface area (Å²) in [6.45, 7) is 4.54. The molecule has 1 aliphatic carbocycles. The maximum atomic E-state index is 13.5. The summed E-state index contributed by atoms with van der Waals surface area (Å²) in [5.74, 6) is 0.528. The zero-order chi connectivity index (χ0) is 24.2. The van der Waals surface area contributed by atoms with Gasteiger partial charge in [-0.1, -0.05) is 86.7 Å². The van der Waals surface area contributed by atoms with Gasteiger partial charge in [-0.05, 0) is 59.9 Å². The predicted octanol–water partition coefficient (Wildman–Crippen LogP) is 5.06. The molecule has 180 valence electrons. The Labute approximate surface area is 203 Å². The van der Waals surface area contributed by atoms with Gasteiger partial charge in [0.25, 0.3) is 0 Å². The first-order valence-corrected chi connectivity index (χ1v) is 13.6. The molecule has 5 nitrogen and oxygen atoms in total. The van der Waals surface area contributed by atoms with Gasteiger partial charge in [0.2, 0.25) is 10.0 Å². The molecular formula is C28H35N3O2S. The van der Waals surface area contributed by atoms with Crippen molar-refractivity contribution in [2.45, 2.75) is 57.2 Å². The SMILES string of the molecule is CC1(C)CC(=N[C@@H](CCN)C2=CCCC=C2)NS(=O)(=O)C1c1cccc(Cc2ccccc2)c1. The Balaban J connectivity index is 1.61. The second-order valence-corrected chi connectivity index (χ2v) is 11.7. The van der Waals surface area contributed by atoms with Gasteiger partial charge < -0.3 is 5.73 Å². The molecule has 1 aliphatic heterocycles. The van der Waals surface area contributed by atoms with Crippen LogP contribution in [0.2, 0.25) is 0 Å². The Morgan fingerprint density at radius 3 is 2.53 bits per heavy atom. The van der Waals surface area contributed by atoms with E-state index in [9.17, 15) is 8.42 Å². The molecule has 6 heteroatoms. The van der Waals surface area contributed by atoms with Crippen molar-refractivity contribution >= 4 is 15.9 Å². The highest BCUT2D eigenvalue weighted by molar-refractivity contribution is 7.90. The molecular weight excluding hydrogens is 442 g/mol. The largest absolute Gasteiger partial charge is 0.330 e. The predicted molar refractivity (Wildman–Crippen MR) is 140 cm³/mol. The molecule has 0 bridgehead atoms. The first kappa shape index (κ1) is 24.4. The van der Waals surface area contributed by atoms with Gasteiger partial charge in [-0.25, -0.2) is 8.42 Å². The normalized spacial score (nSPS) is 23.2. The van der Waals surface area contributed by atoms with Gasteiger partial charge in [0, 0.05) is 6.42 Å². The highest BCUT2D eigenvalue weighted by Gasteiger charge is 2.46. The summed E-state index contributed by atoms with van der Waals surface area (Å²) in [5.41, 5.74) is 9.59. The molecule has 3 N–H and O–H groups in total. The molecule has 2 atom stereocenters. The number of hydrogen-bond donors (Lipinski definition) is 2. The molecule has 4 rings (SSSR count). The maximum absolute atomic E-state index is 13.5. The minimum atomic E-state index is -3.66. The van der Waals surface area contributed by atoms with E-state index < -0.39 is 20.7 Å². The second-order valence-electron chi connectivity index (χ2n) is 9.95. The minimum absolute atomic E-state index is 0.124. The number of rotatable bonds is 7. The zero-order valence-corrected chi connectivity index (χ0v) is 20.9. The summed E-state index contributed by atoms with van der Waals surface area (Å²) in [6.07, 6.45) is 10.4. The number of aliphatic imine (C=N–C) groups is 1. The van der Waals surface area contributed by atoms with Crippen LogP contribution in [-0.2, 0) is 16.4 Å². The van der Waals surface area contributed by atoms with Crippen LogP contribution < -0.4 is 10.5 Å². The van der Waals surface area contributed by atoms with Gasteiger partial charge in [0.05, 0.1) is 6.04 Å². The van der Waals surface area contributed by atoms with Crippen LogP contribution in [0.5, 0.6) is 0 Å². The molecule has 1 saturated heterocycles. The summed E-state index contributed by atoms with van der Waals surface area (Å²) in [4.78, 5) is 4.87. The maximum Gasteiger partial charge on any atom is 0.241 e. The number of allylic oxidation sites excluding steroid dienone is 2. The summed E-state index contributed by atoms with van der Waals surface area (Å²) in [5, 5.41) is -0.656. The fourth-order valence-corrected chi connectivity index (χ4v) is 7.14. The topological polar surface area (TPSA) is 84.5 Å². The van der Waals surface area contributed by atoms with Gasteiger partial charge in [-0.2, -0.15) is 0 Å². The van der Waals surface area contributed by atoms with Crippen LogP contribution >= 0.6 is 0 Å². The number of benzene rings is 2. The zero-order valence-electron chi connectivity index (χ0n) is 20.1. The van der Waals surface area contributed by atoms with Crippen molar-refractivity contribution in [2.75, 3.05) is 6.54 Å². The summed E-state index contributed by atoms with van der Waals surface area (Å²) in [6, 6.07) is 18.1. The van der Waals surface area contributed by atoms with Crippen LogP contribution in [0.3, 0.4) is 0 Å². The van der Waals surface area contributed by atoms with Crippen LogP contribution in [0, 0.1) is 5.41 Å². The number of sulfonamides is 1. The number of nitrogens with zero attached hydrogens (tertiary/aromatic N) is 1. The number of hydrogen-bond acceptors (Lipinski definition) is 4. The Morgan fingerprint density at radius 1 is 1.09 bits per heavy atom. The van der Waals surface area contributed by atoms with E-state index in [2.05, 4.69) is 41.1 Å². The molecule has 0 amide bonds. The Morgan fingerprint density at radius 2 is 1.85 bits per heavy atom. The average molecular weight is 478 g/mol. The standard InChI is InChI=1S/C28H35N3O2S/c1-28(2)20-26(30-25(16-17-29)23-13-7-4-8-14-23)31-34(32,33)27(28)24-15-9-12-22(19-24)18-21-10-5-3-6-11-21/h3,5-7,9-15,19,25,27H,4,8,16-18,20,29H2,1-2H3,(H,30,31)/t25-,27?/m0/s1. The first-order valence-electron chi connectivity index (χ1n) is 12.1. The van der Waals surface area contributed by atoms with E-state index in [-0.39, 0.29) is 6.04 Å². The molecule has 1 heterocycles. The lowest BCUT2D eigenvalue weighted by Gasteiger charge is -2.39. The fraction of sp³-hybridized carbons (Fsp3) is 0.393. The Kier molecular flexibility index (Phi) is 7.39. The van der Waals surface area contributed by atoms with Gasteiger partial charge >= 0.3 is 0 Å². The molecule has 2 aromatic carbocycles. The first-order chi connectivity index (χ1) is 16.3. The van der Waals surface area contributed by atoms with Crippen LogP contribution in [0.1, 0.15) is 61.5 Å². The van der Waals surface area contributed by atoms with Gasteiger partial charge in [0.15, 0.2) is 0 Å². The van der Waals surface area contributed by atoms with Crippen LogP contribution in [0.25, 0.3) is 0 Å². The van der Waals surface area contributed by atoms with E-state index in [1.165, 1.54) is 5.56 Å². The van der Waals surface area contributed by atoms with E-state index >= 15 is 0 Å². The van der Waals surface area contributed by atoms with Crippen LogP contribution in [-0.4, -0.2) is 26.8 Å². The van der Waals surface area contributed by atoms with Gasteiger partial charge in [-0.3, -0.25) is 9.71 Å². The lowest BCUT2D eigenvalue weighted by Crippen LogP contribution is -2.48. The molecule has 1 unspecified atom stereocenters. The quantitative estimate of drug-likeness (QED) is 0.585. The van der Waals surface area contributed by atoms with Crippen molar-refractivity contribution in [1.29, 1.82) is 0 Å². The fourth-order valence-electron chi connectivity index (χ4n) is 5.14. The van der Waals surface area contributed by atoms with E-state index in [4.69, 9.17) is 10.7 Å². The van der Waals surface area contributed by atoms with E-state index in [1.54, 1.807) is 0 Å². The van der Waals surface area contributed by atoms with Crippen molar-refractivity contribution in [1.82, 2.24) is 4.72 Å². The summed E-state index contributed by atoms with van der Waals surface area (Å²) in [7, 11) is -3.66. The van der Waals surface area contributed by atoms with Crippen LogP contribution in [0.15, 0.2) is 83.4 Å². The molecule has 0 saturated carbocycles. The minimum Gasteiger partial charge on any atom is -0.330 e. The van der Waals surface area contributed by atoms with Crippen molar-refractivity contribution in [3.63, 3.8) is 0 Å².